The van der Waals surface area contributed by atoms with Crippen LogP contribution in [0.4, 0.5) is 5.69 Å². The molecular formula is C18H19NO3. The molecule has 0 atom stereocenters. The summed E-state index contributed by atoms with van der Waals surface area (Å²) < 4.78 is 0. The largest absolute Gasteiger partial charge is 0.508 e. The molecule has 0 radical (unpaired) electrons. The highest BCUT2D eigenvalue weighted by atomic mass is 16.3. The summed E-state index contributed by atoms with van der Waals surface area (Å²) in [4.78, 5) is 23.9. The monoisotopic (exact) mass is 297 g/mol. The maximum absolute atomic E-state index is 12.1. The molecule has 0 aliphatic carbocycles. The first-order chi connectivity index (χ1) is 10.5. The van der Waals surface area contributed by atoms with Crippen molar-refractivity contribution in [3.05, 3.63) is 59.2 Å². The Morgan fingerprint density at radius 1 is 1.00 bits per heavy atom. The fourth-order valence-electron chi connectivity index (χ4n) is 2.09. The van der Waals surface area contributed by atoms with Crippen LogP contribution in [0.2, 0.25) is 0 Å². The fraction of sp³-hybridized carbons (Fsp3) is 0.222. The third-order valence-electron chi connectivity index (χ3n) is 3.54. The van der Waals surface area contributed by atoms with Crippen molar-refractivity contribution in [3.8, 4) is 5.75 Å². The van der Waals surface area contributed by atoms with Crippen LogP contribution in [0.5, 0.6) is 5.75 Å². The second kappa shape index (κ2) is 6.89. The molecule has 0 unspecified atom stereocenters. The van der Waals surface area contributed by atoms with Gasteiger partial charge in [0.1, 0.15) is 5.75 Å². The van der Waals surface area contributed by atoms with Crippen LogP contribution in [0.25, 0.3) is 0 Å². The quantitative estimate of drug-likeness (QED) is 0.828. The number of hydrogen-bond acceptors (Lipinski definition) is 3. The van der Waals surface area contributed by atoms with E-state index in [1.807, 2.05) is 26.0 Å². The van der Waals surface area contributed by atoms with Crippen LogP contribution in [0.1, 0.15) is 34.3 Å². The molecule has 114 valence electrons. The first-order valence-corrected chi connectivity index (χ1v) is 7.15. The molecular weight excluding hydrogens is 278 g/mol. The molecule has 0 heterocycles. The predicted molar refractivity (Wildman–Crippen MR) is 86.2 cm³/mol. The summed E-state index contributed by atoms with van der Waals surface area (Å²) in [6, 6.07) is 11.9. The summed E-state index contributed by atoms with van der Waals surface area (Å²) in [5.74, 6) is -0.207. The Labute approximate surface area is 129 Å². The molecule has 0 fully saturated rings. The van der Waals surface area contributed by atoms with Crippen LogP contribution in [0.3, 0.4) is 0 Å². The number of phenols is 1. The molecule has 2 rings (SSSR count). The van der Waals surface area contributed by atoms with E-state index in [9.17, 15) is 14.7 Å². The number of hydrogen-bond donors (Lipinski definition) is 2. The Morgan fingerprint density at radius 2 is 1.77 bits per heavy atom. The number of ketones is 1. The summed E-state index contributed by atoms with van der Waals surface area (Å²) >= 11 is 0. The van der Waals surface area contributed by atoms with Crippen LogP contribution in [-0.4, -0.2) is 16.8 Å². The SMILES string of the molecule is Cc1ccc(C(=O)CCC(=O)Nc2cccc(O)c2)cc1C. The lowest BCUT2D eigenvalue weighted by Gasteiger charge is -2.06. The van der Waals surface area contributed by atoms with Crippen molar-refractivity contribution in [2.45, 2.75) is 26.7 Å². The Hall–Kier alpha value is -2.62. The first kappa shape index (κ1) is 15.8. The molecule has 4 heteroatoms. The van der Waals surface area contributed by atoms with Gasteiger partial charge in [-0.25, -0.2) is 0 Å². The number of anilines is 1. The van der Waals surface area contributed by atoms with Gasteiger partial charge in [-0.05, 0) is 43.2 Å². The van der Waals surface area contributed by atoms with E-state index in [0.717, 1.165) is 11.1 Å². The number of carbonyl (C=O) groups excluding carboxylic acids is 2. The van der Waals surface area contributed by atoms with Crippen LogP contribution in [0, 0.1) is 13.8 Å². The molecule has 0 aromatic heterocycles. The first-order valence-electron chi connectivity index (χ1n) is 7.15. The maximum atomic E-state index is 12.1. The Kier molecular flexibility index (Phi) is 4.94. The van der Waals surface area contributed by atoms with Crippen molar-refractivity contribution < 1.29 is 14.7 Å². The van der Waals surface area contributed by atoms with Crippen LogP contribution in [-0.2, 0) is 4.79 Å². The van der Waals surface area contributed by atoms with Gasteiger partial charge >= 0.3 is 0 Å². The van der Waals surface area contributed by atoms with Gasteiger partial charge < -0.3 is 10.4 Å². The highest BCUT2D eigenvalue weighted by Crippen LogP contribution is 2.16. The average Bonchev–Trinajstić information content (AvgIpc) is 2.47. The lowest BCUT2D eigenvalue weighted by molar-refractivity contribution is -0.116. The normalized spacial score (nSPS) is 10.3. The summed E-state index contributed by atoms with van der Waals surface area (Å²) in [7, 11) is 0. The lowest BCUT2D eigenvalue weighted by atomic mass is 10.0. The number of nitrogens with one attached hydrogen (secondary N) is 1. The lowest BCUT2D eigenvalue weighted by Crippen LogP contribution is -2.13. The highest BCUT2D eigenvalue weighted by molar-refractivity contribution is 6.00. The smallest absolute Gasteiger partial charge is 0.224 e. The van der Waals surface area contributed by atoms with Gasteiger partial charge in [-0.15, -0.1) is 0 Å². The van der Waals surface area contributed by atoms with Gasteiger partial charge in [-0.3, -0.25) is 9.59 Å². The number of carbonyl (C=O) groups is 2. The molecule has 2 N–H and O–H groups in total. The topological polar surface area (TPSA) is 66.4 Å². The second-order valence-electron chi connectivity index (χ2n) is 5.32. The number of aryl methyl sites for hydroxylation is 2. The number of Topliss-reactive ketones (excluding diaryl/α,β-unsaturated/α-hetero) is 1. The van der Waals surface area contributed by atoms with Gasteiger partial charge in [0.2, 0.25) is 5.91 Å². The van der Waals surface area contributed by atoms with Crippen molar-refractivity contribution in [2.24, 2.45) is 0 Å². The number of phenolic OH excluding ortho intramolecular Hbond substituents is 1. The van der Waals surface area contributed by atoms with Crippen molar-refractivity contribution in [1.29, 1.82) is 0 Å². The van der Waals surface area contributed by atoms with Gasteiger partial charge in [0.25, 0.3) is 0 Å². The third kappa shape index (κ3) is 4.19. The average molecular weight is 297 g/mol. The molecule has 0 bridgehead atoms. The van der Waals surface area contributed by atoms with Crippen LogP contribution < -0.4 is 5.32 Å². The molecule has 0 aliphatic rings. The van der Waals surface area contributed by atoms with E-state index in [1.165, 1.54) is 12.1 Å². The van der Waals surface area contributed by atoms with Crippen LogP contribution >= 0.6 is 0 Å². The number of rotatable bonds is 5. The summed E-state index contributed by atoms with van der Waals surface area (Å²) in [6.45, 7) is 3.95. The minimum Gasteiger partial charge on any atom is -0.508 e. The molecule has 4 nitrogen and oxygen atoms in total. The summed E-state index contributed by atoms with van der Waals surface area (Å²) in [5, 5.41) is 12.0. The Balaban J connectivity index is 1.90. The Bertz CT molecular complexity index is 707. The van der Waals surface area contributed by atoms with E-state index in [0.29, 0.717) is 11.3 Å². The van der Waals surface area contributed by atoms with E-state index in [-0.39, 0.29) is 30.3 Å². The van der Waals surface area contributed by atoms with Gasteiger partial charge in [0, 0.05) is 30.2 Å². The van der Waals surface area contributed by atoms with Gasteiger partial charge in [-0.2, -0.15) is 0 Å². The molecule has 0 saturated carbocycles. The minimum atomic E-state index is -0.247. The number of benzene rings is 2. The zero-order valence-corrected chi connectivity index (χ0v) is 12.7. The standard InChI is InChI=1S/C18H19NO3/c1-12-6-7-14(10-13(12)2)17(21)8-9-18(22)19-15-4-3-5-16(20)11-15/h3-7,10-11,20H,8-9H2,1-2H3,(H,19,22). The zero-order valence-electron chi connectivity index (χ0n) is 12.7. The minimum absolute atomic E-state index is 0.0471. The second-order valence-corrected chi connectivity index (χ2v) is 5.32. The number of amides is 1. The van der Waals surface area contributed by atoms with Crippen molar-refractivity contribution in [2.75, 3.05) is 5.32 Å². The van der Waals surface area contributed by atoms with E-state index >= 15 is 0 Å². The van der Waals surface area contributed by atoms with E-state index < -0.39 is 0 Å². The molecule has 0 aliphatic heterocycles. The Morgan fingerprint density at radius 3 is 2.45 bits per heavy atom. The van der Waals surface area contributed by atoms with E-state index in [1.54, 1.807) is 18.2 Å². The van der Waals surface area contributed by atoms with E-state index in [2.05, 4.69) is 5.32 Å². The van der Waals surface area contributed by atoms with Crippen molar-refractivity contribution in [1.82, 2.24) is 0 Å². The molecule has 0 saturated heterocycles. The molecule has 22 heavy (non-hydrogen) atoms. The summed E-state index contributed by atoms with van der Waals surface area (Å²) in [5.41, 5.74) is 3.35. The van der Waals surface area contributed by atoms with Crippen molar-refractivity contribution >= 4 is 17.4 Å². The zero-order chi connectivity index (χ0) is 16.1. The van der Waals surface area contributed by atoms with Gasteiger partial charge in [-0.1, -0.05) is 18.2 Å². The highest BCUT2D eigenvalue weighted by Gasteiger charge is 2.10. The maximum Gasteiger partial charge on any atom is 0.224 e. The van der Waals surface area contributed by atoms with Gasteiger partial charge in [0.05, 0.1) is 0 Å². The molecule has 1 amide bonds. The van der Waals surface area contributed by atoms with Crippen molar-refractivity contribution in [3.63, 3.8) is 0 Å². The predicted octanol–water partition coefficient (Wildman–Crippen LogP) is 3.61. The third-order valence-corrected chi connectivity index (χ3v) is 3.54. The van der Waals surface area contributed by atoms with E-state index in [4.69, 9.17) is 0 Å². The summed E-state index contributed by atoms with van der Waals surface area (Å²) in [6.07, 6.45) is 0.272. The van der Waals surface area contributed by atoms with Gasteiger partial charge in [0.15, 0.2) is 5.78 Å². The van der Waals surface area contributed by atoms with Crippen LogP contribution in [0.15, 0.2) is 42.5 Å². The molecule has 2 aromatic carbocycles. The molecule has 0 spiro atoms. The number of aromatic hydroxyl groups is 1. The fourth-order valence-corrected chi connectivity index (χ4v) is 2.09. The molecule has 2 aromatic rings.